The number of hydrogen-bond acceptors (Lipinski definition) is 4. The van der Waals surface area contributed by atoms with Crippen LogP contribution in [0.25, 0.3) is 0 Å². The fourth-order valence-corrected chi connectivity index (χ4v) is 6.21. The van der Waals surface area contributed by atoms with Crippen molar-refractivity contribution < 1.29 is 18.4 Å². The van der Waals surface area contributed by atoms with Gasteiger partial charge in [0.05, 0.1) is 0 Å². The predicted molar refractivity (Wildman–Crippen MR) is 122 cm³/mol. The summed E-state index contributed by atoms with van der Waals surface area (Å²) in [5.74, 6) is 0.796. The van der Waals surface area contributed by atoms with Gasteiger partial charge in [-0.05, 0) is 49.2 Å². The monoisotopic (exact) mass is 435 g/mol. The molecule has 1 aliphatic carbocycles. The van der Waals surface area contributed by atoms with E-state index in [9.17, 15) is 9.36 Å². The van der Waals surface area contributed by atoms with E-state index < -0.39 is 13.3 Å². The number of benzene rings is 3. The summed E-state index contributed by atoms with van der Waals surface area (Å²) in [5.41, 5.74) is 0.129. The van der Waals surface area contributed by atoms with Gasteiger partial charge in [0.15, 0.2) is 0 Å². The highest BCUT2D eigenvalue weighted by Crippen LogP contribution is 2.57. The minimum absolute atomic E-state index is 0.177. The Kier molecular flexibility index (Phi) is 6.73. The first-order valence-electron chi connectivity index (χ1n) is 10.6. The maximum atomic E-state index is 14.2. The average Bonchev–Trinajstić information content (AvgIpc) is 2.81. The van der Waals surface area contributed by atoms with Crippen molar-refractivity contribution in [1.29, 1.82) is 0 Å². The van der Waals surface area contributed by atoms with E-state index in [0.29, 0.717) is 23.5 Å². The van der Waals surface area contributed by atoms with Crippen LogP contribution in [-0.4, -0.2) is 17.6 Å². The van der Waals surface area contributed by atoms with Crippen LogP contribution in [0.5, 0.6) is 11.5 Å². The second kappa shape index (κ2) is 9.84. The van der Waals surface area contributed by atoms with E-state index in [4.69, 9.17) is 9.05 Å². The third kappa shape index (κ3) is 5.36. The molecule has 160 valence electrons. The van der Waals surface area contributed by atoms with E-state index in [0.717, 1.165) is 19.3 Å². The molecule has 0 aromatic heterocycles. The molecule has 0 heterocycles. The molecule has 0 spiro atoms. The van der Waals surface area contributed by atoms with Crippen molar-refractivity contribution in [3.8, 4) is 11.5 Å². The number of carbonyl (C=O) groups is 1. The summed E-state index contributed by atoms with van der Waals surface area (Å²) >= 11 is 0. The number of carbonyl (C=O) groups excluding carboxylic acids is 1. The lowest BCUT2D eigenvalue weighted by Crippen LogP contribution is -2.46. The van der Waals surface area contributed by atoms with Crippen molar-refractivity contribution in [2.24, 2.45) is 0 Å². The van der Waals surface area contributed by atoms with Crippen LogP contribution in [0.2, 0.25) is 0 Å². The molecule has 1 aliphatic rings. The van der Waals surface area contributed by atoms with Crippen LogP contribution in [0.4, 0.5) is 0 Å². The van der Waals surface area contributed by atoms with Crippen LogP contribution in [-0.2, 0) is 4.57 Å². The molecule has 0 bridgehead atoms. The topological polar surface area (TPSA) is 64.6 Å². The molecule has 0 aliphatic heterocycles. The SMILES string of the molecule is O=C(N[C@@H]1CCCC[C@H]1P(=O)(Oc1ccccc1)Oc1ccccc1)c1ccccc1. The fraction of sp³-hybridized carbons (Fsp3) is 0.240. The van der Waals surface area contributed by atoms with Crippen molar-refractivity contribution in [2.75, 3.05) is 0 Å². The van der Waals surface area contributed by atoms with Crippen molar-refractivity contribution in [3.05, 3.63) is 96.6 Å². The maximum absolute atomic E-state index is 14.2. The average molecular weight is 435 g/mol. The van der Waals surface area contributed by atoms with Crippen LogP contribution in [0.3, 0.4) is 0 Å². The zero-order valence-corrected chi connectivity index (χ0v) is 18.1. The van der Waals surface area contributed by atoms with Crippen molar-refractivity contribution >= 4 is 13.5 Å². The van der Waals surface area contributed by atoms with E-state index in [1.807, 2.05) is 54.6 Å². The molecule has 4 rings (SSSR count). The lowest BCUT2D eigenvalue weighted by molar-refractivity contribution is 0.0927. The molecular weight excluding hydrogens is 409 g/mol. The summed E-state index contributed by atoms with van der Waals surface area (Å²) in [6.45, 7) is 0. The molecular formula is C25H26NO4P. The Balaban J connectivity index is 1.62. The Hall–Kier alpha value is -3.04. The number of nitrogens with one attached hydrogen (secondary N) is 1. The standard InChI is InChI=1S/C25H26NO4P/c27-25(20-12-4-1-5-13-20)26-23-18-10-11-19-24(23)31(28,29-21-14-6-2-7-15-21)30-22-16-8-3-9-17-22/h1-9,12-17,23-24H,10-11,18-19H2,(H,26,27)/t23-,24-/m1/s1. The van der Waals surface area contributed by atoms with E-state index in [1.54, 1.807) is 36.4 Å². The molecule has 0 radical (unpaired) electrons. The van der Waals surface area contributed by atoms with Gasteiger partial charge in [-0.15, -0.1) is 0 Å². The van der Waals surface area contributed by atoms with Crippen molar-refractivity contribution in [1.82, 2.24) is 5.32 Å². The van der Waals surface area contributed by atoms with E-state index in [2.05, 4.69) is 5.32 Å². The van der Waals surface area contributed by atoms with Crippen LogP contribution in [0.1, 0.15) is 36.0 Å². The molecule has 0 unspecified atom stereocenters. The molecule has 1 amide bonds. The van der Waals surface area contributed by atoms with Gasteiger partial charge < -0.3 is 14.4 Å². The summed E-state index contributed by atoms with van der Waals surface area (Å²) in [6.07, 6.45) is 3.23. The zero-order valence-electron chi connectivity index (χ0n) is 17.2. The Morgan fingerprint density at radius 1 is 0.742 bits per heavy atom. The largest absolute Gasteiger partial charge is 0.435 e. The minimum Gasteiger partial charge on any atom is -0.416 e. The molecule has 2 atom stereocenters. The molecule has 1 saturated carbocycles. The van der Waals surface area contributed by atoms with Gasteiger partial charge in [0.25, 0.3) is 5.91 Å². The first kappa shape index (κ1) is 21.2. The van der Waals surface area contributed by atoms with Gasteiger partial charge in [-0.3, -0.25) is 4.79 Å². The zero-order chi connectivity index (χ0) is 21.5. The summed E-state index contributed by atoms with van der Waals surface area (Å²) in [7, 11) is -3.66. The van der Waals surface area contributed by atoms with Crippen LogP contribution < -0.4 is 14.4 Å². The first-order valence-corrected chi connectivity index (χ1v) is 12.2. The summed E-state index contributed by atoms with van der Waals surface area (Å²) in [4.78, 5) is 12.8. The smallest absolute Gasteiger partial charge is 0.416 e. The first-order chi connectivity index (χ1) is 15.1. The van der Waals surface area contributed by atoms with Gasteiger partial charge in [0.2, 0.25) is 0 Å². The second-order valence-corrected chi connectivity index (χ2v) is 9.75. The van der Waals surface area contributed by atoms with E-state index in [1.165, 1.54) is 0 Å². The molecule has 5 nitrogen and oxygen atoms in total. The quantitative estimate of drug-likeness (QED) is 0.457. The van der Waals surface area contributed by atoms with Crippen LogP contribution >= 0.6 is 7.60 Å². The lowest BCUT2D eigenvalue weighted by Gasteiger charge is -2.36. The fourth-order valence-electron chi connectivity index (χ4n) is 3.91. The molecule has 0 saturated heterocycles. The van der Waals surface area contributed by atoms with Crippen molar-refractivity contribution in [2.45, 2.75) is 37.4 Å². The summed E-state index contributed by atoms with van der Waals surface area (Å²) < 4.78 is 26.3. The third-order valence-corrected chi connectivity index (χ3v) is 7.80. The number of amides is 1. The van der Waals surface area contributed by atoms with Gasteiger partial charge in [0, 0.05) is 11.6 Å². The highest BCUT2D eigenvalue weighted by molar-refractivity contribution is 7.55. The highest BCUT2D eigenvalue weighted by Gasteiger charge is 2.46. The van der Waals surface area contributed by atoms with E-state index >= 15 is 0 Å². The number of para-hydroxylation sites is 2. The predicted octanol–water partition coefficient (Wildman–Crippen LogP) is 6.08. The third-order valence-electron chi connectivity index (χ3n) is 5.44. The Bertz CT molecular complexity index is 982. The highest BCUT2D eigenvalue weighted by atomic mass is 31.2. The maximum Gasteiger partial charge on any atom is 0.435 e. The van der Waals surface area contributed by atoms with Crippen LogP contribution in [0, 0.1) is 0 Å². The van der Waals surface area contributed by atoms with Gasteiger partial charge in [-0.1, -0.05) is 67.4 Å². The molecule has 1 N–H and O–H groups in total. The molecule has 31 heavy (non-hydrogen) atoms. The molecule has 1 fully saturated rings. The molecule has 6 heteroatoms. The van der Waals surface area contributed by atoms with Crippen molar-refractivity contribution in [3.63, 3.8) is 0 Å². The summed E-state index contributed by atoms with van der Waals surface area (Å²) in [5, 5.41) is 3.09. The Morgan fingerprint density at radius 2 is 1.23 bits per heavy atom. The Labute approximate surface area is 182 Å². The normalized spacial score (nSPS) is 18.7. The lowest BCUT2D eigenvalue weighted by atomic mass is 9.94. The number of rotatable bonds is 7. The molecule has 3 aromatic carbocycles. The van der Waals surface area contributed by atoms with Crippen LogP contribution in [0.15, 0.2) is 91.0 Å². The minimum atomic E-state index is -3.66. The van der Waals surface area contributed by atoms with Gasteiger partial charge in [-0.25, -0.2) is 4.57 Å². The van der Waals surface area contributed by atoms with E-state index in [-0.39, 0.29) is 11.9 Å². The summed E-state index contributed by atoms with van der Waals surface area (Å²) in [6, 6.07) is 26.9. The Morgan fingerprint density at radius 3 is 1.77 bits per heavy atom. The van der Waals surface area contributed by atoms with Gasteiger partial charge in [-0.2, -0.15) is 0 Å². The second-order valence-electron chi connectivity index (χ2n) is 7.65. The number of hydrogen-bond donors (Lipinski definition) is 1. The molecule has 3 aromatic rings. The van der Waals surface area contributed by atoms with Gasteiger partial charge >= 0.3 is 7.60 Å². The van der Waals surface area contributed by atoms with Gasteiger partial charge in [0.1, 0.15) is 17.2 Å².